The van der Waals surface area contributed by atoms with Gasteiger partial charge in [-0.2, -0.15) is 0 Å². The molecule has 2 unspecified atom stereocenters. The normalized spacial score (nSPS) is 12.5. The lowest BCUT2D eigenvalue weighted by molar-refractivity contribution is -0.143. The van der Waals surface area contributed by atoms with Gasteiger partial charge >= 0.3 is 5.97 Å². The van der Waals surface area contributed by atoms with Gasteiger partial charge in [-0.3, -0.25) is 9.59 Å². The number of carbonyl (C=O) groups excluding carboxylic acids is 2. The van der Waals surface area contributed by atoms with Crippen LogP contribution >= 0.6 is 0 Å². The van der Waals surface area contributed by atoms with Crippen molar-refractivity contribution in [3.8, 4) is 0 Å². The van der Waals surface area contributed by atoms with Crippen LogP contribution in [0.5, 0.6) is 0 Å². The first-order chi connectivity index (χ1) is 43.0. The predicted molar refractivity (Wildman–Crippen MR) is 384 cm³/mol. The van der Waals surface area contributed by atoms with Crippen LogP contribution in [-0.2, 0) is 14.3 Å². The minimum atomic E-state index is -0.663. The molecule has 1 amide bonds. The number of ether oxygens (including phenoxy) is 1. The number of amides is 1. The second-order valence-corrected chi connectivity index (χ2v) is 28.1. The van der Waals surface area contributed by atoms with Gasteiger partial charge in [-0.05, 0) is 51.4 Å². The molecule has 3 N–H and O–H groups in total. The van der Waals surface area contributed by atoms with E-state index >= 15 is 0 Å². The summed E-state index contributed by atoms with van der Waals surface area (Å²) >= 11 is 0. The van der Waals surface area contributed by atoms with Crippen LogP contribution in [0.2, 0.25) is 0 Å². The van der Waals surface area contributed by atoms with Crippen LogP contribution in [0.3, 0.4) is 0 Å². The largest absolute Gasteiger partial charge is 0.466 e. The fourth-order valence-electron chi connectivity index (χ4n) is 13.2. The molecule has 0 aliphatic carbocycles. The highest BCUT2D eigenvalue weighted by Crippen LogP contribution is 2.20. The topological polar surface area (TPSA) is 95.9 Å². The molecule has 0 aliphatic rings. The van der Waals surface area contributed by atoms with E-state index < -0.39 is 12.1 Å². The summed E-state index contributed by atoms with van der Waals surface area (Å²) in [6, 6.07) is -0.540. The average molecular weight is 1230 g/mol. The molecule has 0 saturated heterocycles. The zero-order chi connectivity index (χ0) is 62.8. The van der Waals surface area contributed by atoms with Crippen LogP contribution in [0, 0.1) is 0 Å². The molecule has 0 aromatic heterocycles. The summed E-state index contributed by atoms with van der Waals surface area (Å²) in [5.74, 6) is -0.00405. The Morgan fingerprint density at radius 1 is 0.310 bits per heavy atom. The van der Waals surface area contributed by atoms with Crippen molar-refractivity contribution in [3.63, 3.8) is 0 Å². The molecule has 0 radical (unpaired) electrons. The summed E-state index contributed by atoms with van der Waals surface area (Å²) in [5.41, 5.74) is 0. The average Bonchev–Trinajstić information content (AvgIpc) is 3.57. The van der Waals surface area contributed by atoms with Crippen LogP contribution < -0.4 is 5.32 Å². The molecule has 0 aliphatic heterocycles. The van der Waals surface area contributed by atoms with Crippen LogP contribution in [-0.4, -0.2) is 47.4 Å². The monoisotopic (exact) mass is 1230 g/mol. The maximum absolute atomic E-state index is 12.6. The van der Waals surface area contributed by atoms with E-state index in [1.165, 1.54) is 398 Å². The molecule has 0 spiro atoms. The van der Waals surface area contributed by atoms with Crippen molar-refractivity contribution in [2.75, 3.05) is 13.2 Å². The zero-order valence-electron chi connectivity index (χ0n) is 59.5. The number of aliphatic hydroxyl groups excluding tert-OH is 2. The van der Waals surface area contributed by atoms with Gasteiger partial charge < -0.3 is 20.3 Å². The van der Waals surface area contributed by atoms with Crippen molar-refractivity contribution in [2.45, 2.75) is 482 Å². The van der Waals surface area contributed by atoms with Crippen LogP contribution in [0.25, 0.3) is 0 Å². The van der Waals surface area contributed by atoms with Gasteiger partial charge in [0.15, 0.2) is 0 Å². The van der Waals surface area contributed by atoms with Gasteiger partial charge in [0.25, 0.3) is 0 Å². The first kappa shape index (κ1) is 85.6. The molecule has 0 bridgehead atoms. The quantitative estimate of drug-likeness (QED) is 0.0320. The lowest BCUT2D eigenvalue weighted by Crippen LogP contribution is -2.45. The number of hydrogen-bond acceptors (Lipinski definition) is 5. The molecule has 0 rings (SSSR count). The Kier molecular flexibility index (Phi) is 75.8. The standard InChI is InChI=1S/C81H159NO5/c1-3-5-7-9-11-13-15-17-18-19-20-21-22-34-37-40-43-46-50-53-57-61-65-69-73-79(84)78(77-83)82-80(85)74-70-66-62-58-54-51-47-44-41-38-35-32-30-28-26-24-23-25-27-29-31-33-36-39-42-45-48-52-56-60-64-68-72-76-87-81(86)75-71-67-63-59-55-49-16-14-12-10-8-6-4-2/h27,29,78-79,83-84H,3-26,28,30-77H2,1-2H3,(H,82,85)/b29-27-. The second-order valence-electron chi connectivity index (χ2n) is 28.1. The van der Waals surface area contributed by atoms with Gasteiger partial charge in [0.2, 0.25) is 5.91 Å². The third-order valence-corrected chi connectivity index (χ3v) is 19.3. The Morgan fingerprint density at radius 3 is 0.816 bits per heavy atom. The Labute approximate surface area is 546 Å². The molecule has 87 heavy (non-hydrogen) atoms. The molecule has 0 aromatic rings. The maximum Gasteiger partial charge on any atom is 0.305 e. The van der Waals surface area contributed by atoms with E-state index in [1.54, 1.807) is 0 Å². The summed E-state index contributed by atoms with van der Waals surface area (Å²) in [6.45, 7) is 5.01. The van der Waals surface area contributed by atoms with Gasteiger partial charge in [0, 0.05) is 12.8 Å². The van der Waals surface area contributed by atoms with E-state index in [4.69, 9.17) is 4.74 Å². The Morgan fingerprint density at radius 2 is 0.540 bits per heavy atom. The number of esters is 1. The smallest absolute Gasteiger partial charge is 0.305 e. The highest BCUT2D eigenvalue weighted by Gasteiger charge is 2.20. The lowest BCUT2D eigenvalue weighted by Gasteiger charge is -2.22. The number of aliphatic hydroxyl groups is 2. The molecular formula is C81H159NO5. The van der Waals surface area contributed by atoms with E-state index in [2.05, 4.69) is 31.3 Å². The lowest BCUT2D eigenvalue weighted by atomic mass is 10.0. The molecule has 2 atom stereocenters. The predicted octanol–water partition coefficient (Wildman–Crippen LogP) is 26.7. The van der Waals surface area contributed by atoms with Gasteiger partial charge in [0.05, 0.1) is 25.4 Å². The van der Waals surface area contributed by atoms with Crippen molar-refractivity contribution in [2.24, 2.45) is 0 Å². The fourth-order valence-corrected chi connectivity index (χ4v) is 13.2. The molecule has 0 heterocycles. The number of nitrogens with one attached hydrogen (secondary N) is 1. The summed E-state index contributed by atoms with van der Waals surface area (Å²) in [6.07, 6.45) is 97.4. The molecule has 6 nitrogen and oxygen atoms in total. The summed E-state index contributed by atoms with van der Waals surface area (Å²) in [5, 5.41) is 23.5. The highest BCUT2D eigenvalue weighted by molar-refractivity contribution is 5.76. The summed E-state index contributed by atoms with van der Waals surface area (Å²) in [4.78, 5) is 24.6. The molecule has 0 saturated carbocycles. The molecule has 518 valence electrons. The van der Waals surface area contributed by atoms with Gasteiger partial charge in [-0.15, -0.1) is 0 Å². The molecule has 0 fully saturated rings. The second kappa shape index (κ2) is 77.1. The maximum atomic E-state index is 12.6. The Hall–Kier alpha value is -1.40. The number of allylic oxidation sites excluding steroid dienone is 2. The van der Waals surface area contributed by atoms with Crippen molar-refractivity contribution in [3.05, 3.63) is 12.2 Å². The van der Waals surface area contributed by atoms with E-state index in [-0.39, 0.29) is 18.5 Å². The SMILES string of the molecule is CCCCCCCCCCCCCCCCCCCCCCCCCCC(O)C(CO)NC(=O)CCCCCCCCCCCCCCCCCCC/C=C\CCCCCCCCCCCCCCOC(=O)CCCCCCCCCCCCCCC. The van der Waals surface area contributed by atoms with Gasteiger partial charge in [-0.1, -0.05) is 418 Å². The third-order valence-electron chi connectivity index (χ3n) is 19.3. The van der Waals surface area contributed by atoms with Crippen molar-refractivity contribution in [1.29, 1.82) is 0 Å². The summed E-state index contributed by atoms with van der Waals surface area (Å²) < 4.78 is 5.49. The molecule has 0 aromatic carbocycles. The van der Waals surface area contributed by atoms with Gasteiger partial charge in [0.1, 0.15) is 0 Å². The van der Waals surface area contributed by atoms with Crippen LogP contribution in [0.4, 0.5) is 0 Å². The van der Waals surface area contributed by atoms with E-state index in [0.717, 1.165) is 38.5 Å². The minimum Gasteiger partial charge on any atom is -0.466 e. The van der Waals surface area contributed by atoms with E-state index in [1.807, 2.05) is 0 Å². The van der Waals surface area contributed by atoms with Crippen LogP contribution in [0.15, 0.2) is 12.2 Å². The van der Waals surface area contributed by atoms with Crippen molar-refractivity contribution in [1.82, 2.24) is 5.32 Å². The Bertz CT molecular complexity index is 1320. The Balaban J connectivity index is 3.35. The minimum absolute atomic E-state index is 0.0215. The number of hydrogen-bond donors (Lipinski definition) is 3. The number of rotatable bonds is 77. The first-order valence-corrected chi connectivity index (χ1v) is 40.4. The van der Waals surface area contributed by atoms with Crippen LogP contribution in [0.1, 0.15) is 470 Å². The number of carbonyl (C=O) groups is 2. The third kappa shape index (κ3) is 73.5. The van der Waals surface area contributed by atoms with Gasteiger partial charge in [-0.25, -0.2) is 0 Å². The van der Waals surface area contributed by atoms with E-state index in [9.17, 15) is 19.8 Å². The van der Waals surface area contributed by atoms with E-state index in [0.29, 0.717) is 25.9 Å². The molecular weight excluding hydrogens is 1070 g/mol. The first-order valence-electron chi connectivity index (χ1n) is 40.4. The fraction of sp³-hybridized carbons (Fsp3) is 0.951. The van der Waals surface area contributed by atoms with Crippen molar-refractivity contribution >= 4 is 11.9 Å². The summed E-state index contributed by atoms with van der Waals surface area (Å²) in [7, 11) is 0. The number of unbranched alkanes of at least 4 members (excludes halogenated alkanes) is 64. The zero-order valence-corrected chi connectivity index (χ0v) is 59.5. The van der Waals surface area contributed by atoms with Crippen molar-refractivity contribution < 1.29 is 24.5 Å². The molecule has 6 heteroatoms. The highest BCUT2D eigenvalue weighted by atomic mass is 16.5.